The van der Waals surface area contributed by atoms with E-state index in [1.807, 2.05) is 0 Å². The normalized spacial score (nSPS) is 18.1. The van der Waals surface area contributed by atoms with E-state index in [2.05, 4.69) is 55.6 Å². The van der Waals surface area contributed by atoms with Gasteiger partial charge in [-0.3, -0.25) is 4.79 Å². The molecule has 0 aromatic rings. The highest BCUT2D eigenvalue weighted by molar-refractivity contribution is 5.76. The van der Waals surface area contributed by atoms with Crippen molar-refractivity contribution < 1.29 is 39.8 Å². The lowest BCUT2D eigenvalue weighted by atomic mass is 9.99. The van der Waals surface area contributed by atoms with Crippen LogP contribution < -0.4 is 5.32 Å². The van der Waals surface area contributed by atoms with Gasteiger partial charge in [0.15, 0.2) is 6.29 Å². The van der Waals surface area contributed by atoms with Crippen LogP contribution in [-0.4, -0.2) is 87.5 Å². The molecule has 0 aliphatic carbocycles. The van der Waals surface area contributed by atoms with Crippen LogP contribution in [0.3, 0.4) is 0 Å². The van der Waals surface area contributed by atoms with Crippen LogP contribution in [0.4, 0.5) is 0 Å². The summed E-state index contributed by atoms with van der Waals surface area (Å²) in [7, 11) is 0. The summed E-state index contributed by atoms with van der Waals surface area (Å²) in [6, 6.07) is -0.719. The average molecular weight is 1230 g/mol. The minimum atomic E-state index is -1.55. The first kappa shape index (κ1) is 83.4. The highest BCUT2D eigenvalue weighted by Gasteiger charge is 2.44. The molecule has 1 amide bonds. The van der Waals surface area contributed by atoms with Crippen LogP contribution in [0.1, 0.15) is 399 Å². The first-order valence-electron chi connectivity index (χ1n) is 38.7. The van der Waals surface area contributed by atoms with E-state index in [1.165, 1.54) is 321 Å². The fraction of sp³-hybridized carbons (Fsp3) is 0.910. The molecule has 0 aromatic heterocycles. The van der Waals surface area contributed by atoms with Gasteiger partial charge in [0.2, 0.25) is 5.91 Å². The number of amides is 1. The summed E-state index contributed by atoms with van der Waals surface area (Å²) in [5.74, 6) is -0.135. The highest BCUT2D eigenvalue weighted by Crippen LogP contribution is 2.24. The largest absolute Gasteiger partial charge is 0.394 e. The topological polar surface area (TPSA) is 149 Å². The van der Waals surface area contributed by atoms with Crippen molar-refractivity contribution in [2.75, 3.05) is 13.2 Å². The molecule has 9 nitrogen and oxygen atoms in total. The van der Waals surface area contributed by atoms with E-state index in [9.17, 15) is 30.3 Å². The number of aliphatic hydroxyl groups is 5. The van der Waals surface area contributed by atoms with E-state index in [-0.39, 0.29) is 12.5 Å². The maximum atomic E-state index is 13.2. The second kappa shape index (κ2) is 67.3. The highest BCUT2D eigenvalue weighted by atomic mass is 16.7. The zero-order valence-electron chi connectivity index (χ0n) is 57.8. The molecular weight excluding hydrogens is 1080 g/mol. The van der Waals surface area contributed by atoms with Gasteiger partial charge in [0, 0.05) is 6.42 Å². The molecular formula is C78H149NO8. The van der Waals surface area contributed by atoms with Crippen LogP contribution in [0, 0.1) is 0 Å². The summed E-state index contributed by atoms with van der Waals surface area (Å²) in [6.45, 7) is 3.89. The molecule has 1 rings (SSSR count). The number of allylic oxidation sites excluding steroid dienone is 6. The van der Waals surface area contributed by atoms with Crippen molar-refractivity contribution in [1.29, 1.82) is 0 Å². The van der Waals surface area contributed by atoms with Crippen molar-refractivity contribution >= 4 is 5.91 Å². The molecule has 1 aliphatic heterocycles. The van der Waals surface area contributed by atoms with Crippen LogP contribution in [0.2, 0.25) is 0 Å². The van der Waals surface area contributed by atoms with Gasteiger partial charge in [0.1, 0.15) is 24.4 Å². The molecule has 514 valence electrons. The van der Waals surface area contributed by atoms with Gasteiger partial charge < -0.3 is 40.3 Å². The third-order valence-electron chi connectivity index (χ3n) is 18.7. The van der Waals surface area contributed by atoms with E-state index in [4.69, 9.17) is 9.47 Å². The number of hydrogen-bond donors (Lipinski definition) is 6. The van der Waals surface area contributed by atoms with Gasteiger partial charge in [-0.15, -0.1) is 0 Å². The van der Waals surface area contributed by atoms with Crippen molar-refractivity contribution in [2.24, 2.45) is 0 Å². The zero-order valence-corrected chi connectivity index (χ0v) is 57.8. The maximum absolute atomic E-state index is 13.2. The zero-order chi connectivity index (χ0) is 62.8. The molecule has 87 heavy (non-hydrogen) atoms. The number of unbranched alkanes of at least 4 members (excludes halogenated alkanes) is 53. The Bertz CT molecular complexity index is 1470. The molecule has 1 aliphatic rings. The fourth-order valence-corrected chi connectivity index (χ4v) is 12.7. The van der Waals surface area contributed by atoms with Crippen molar-refractivity contribution in [1.82, 2.24) is 5.32 Å². The molecule has 1 heterocycles. The monoisotopic (exact) mass is 1230 g/mol. The first-order valence-corrected chi connectivity index (χ1v) is 38.7. The maximum Gasteiger partial charge on any atom is 0.220 e. The summed E-state index contributed by atoms with van der Waals surface area (Å²) in [6.07, 6.45) is 83.8. The van der Waals surface area contributed by atoms with E-state index >= 15 is 0 Å². The van der Waals surface area contributed by atoms with E-state index in [0.29, 0.717) is 12.8 Å². The number of carbonyl (C=O) groups excluding carboxylic acids is 1. The van der Waals surface area contributed by atoms with Crippen molar-refractivity contribution in [3.63, 3.8) is 0 Å². The summed E-state index contributed by atoms with van der Waals surface area (Å²) < 4.78 is 11.4. The Morgan fingerprint density at radius 3 is 1.00 bits per heavy atom. The smallest absolute Gasteiger partial charge is 0.220 e. The minimum absolute atomic E-state index is 0.133. The Balaban J connectivity index is 2.05. The number of rotatable bonds is 69. The Kier molecular flexibility index (Phi) is 64.5. The van der Waals surface area contributed by atoms with Gasteiger partial charge in [0.05, 0.1) is 25.4 Å². The van der Waals surface area contributed by atoms with Gasteiger partial charge >= 0.3 is 0 Å². The van der Waals surface area contributed by atoms with Crippen LogP contribution in [0.15, 0.2) is 36.5 Å². The Labute approximate surface area is 540 Å². The molecule has 1 fully saturated rings. The van der Waals surface area contributed by atoms with Crippen LogP contribution >= 0.6 is 0 Å². The number of carbonyl (C=O) groups is 1. The molecule has 7 atom stereocenters. The number of ether oxygens (including phenoxy) is 2. The quantitative estimate of drug-likeness (QED) is 0.0261. The minimum Gasteiger partial charge on any atom is -0.394 e. The Hall–Kier alpha value is -1.59. The third-order valence-corrected chi connectivity index (χ3v) is 18.7. The standard InChI is InChI=1S/C78H149NO8/c1-3-5-7-9-11-13-15-17-19-21-23-25-27-29-31-32-33-34-35-36-37-38-39-40-42-44-46-48-50-52-54-56-58-60-62-64-66-68-74(82)79-71(70-86-78-77(85)76(84)75(83)73(69-80)87-78)72(81)67-65-63-61-59-57-55-53-51-49-47-45-43-41-30-28-26-24-22-20-18-16-14-12-10-8-6-4-2/h15,17,21,23,27,29,71-73,75-78,80-81,83-85H,3-14,16,18-20,22,24-26,28,30-70H2,1-2H3,(H,79,82)/b17-15-,23-21-,29-27-. The lowest BCUT2D eigenvalue weighted by Gasteiger charge is -2.40. The lowest BCUT2D eigenvalue weighted by Crippen LogP contribution is -2.60. The average Bonchev–Trinajstić information content (AvgIpc) is 3.37. The van der Waals surface area contributed by atoms with E-state index in [0.717, 1.165) is 51.4 Å². The molecule has 6 N–H and O–H groups in total. The number of nitrogens with one attached hydrogen (secondary N) is 1. The Morgan fingerprint density at radius 2 is 0.678 bits per heavy atom. The summed E-state index contributed by atoms with van der Waals surface area (Å²) in [4.78, 5) is 13.2. The molecule has 0 radical (unpaired) electrons. The van der Waals surface area contributed by atoms with Crippen molar-refractivity contribution in [3.05, 3.63) is 36.5 Å². The van der Waals surface area contributed by atoms with Gasteiger partial charge in [0.25, 0.3) is 0 Å². The van der Waals surface area contributed by atoms with Crippen LogP contribution in [0.25, 0.3) is 0 Å². The fourth-order valence-electron chi connectivity index (χ4n) is 12.7. The third kappa shape index (κ3) is 55.7. The van der Waals surface area contributed by atoms with E-state index < -0.39 is 49.5 Å². The predicted molar refractivity (Wildman–Crippen MR) is 373 cm³/mol. The molecule has 1 saturated heterocycles. The molecule has 7 unspecified atom stereocenters. The van der Waals surface area contributed by atoms with Gasteiger partial charge in [-0.25, -0.2) is 0 Å². The Morgan fingerprint density at radius 1 is 0.391 bits per heavy atom. The predicted octanol–water partition coefficient (Wildman–Crippen LogP) is 21.8. The molecule has 0 saturated carbocycles. The van der Waals surface area contributed by atoms with Crippen molar-refractivity contribution in [3.8, 4) is 0 Å². The number of hydrogen-bond acceptors (Lipinski definition) is 8. The van der Waals surface area contributed by atoms with Crippen LogP contribution in [0.5, 0.6) is 0 Å². The number of aliphatic hydroxyl groups excluding tert-OH is 5. The van der Waals surface area contributed by atoms with Gasteiger partial charge in [-0.2, -0.15) is 0 Å². The lowest BCUT2D eigenvalue weighted by molar-refractivity contribution is -0.302. The first-order chi connectivity index (χ1) is 42.8. The van der Waals surface area contributed by atoms with E-state index in [1.54, 1.807) is 0 Å². The summed E-state index contributed by atoms with van der Waals surface area (Å²) >= 11 is 0. The second-order valence-electron chi connectivity index (χ2n) is 27.2. The summed E-state index contributed by atoms with van der Waals surface area (Å²) in [5.41, 5.74) is 0. The SMILES string of the molecule is CCCCCCC/C=C\C/C=C\C/C=C\CCCCCCCCCCCCCCCCCCCCCCCCC(=O)NC(COC1OC(CO)C(O)C(O)C1O)C(O)CCCCCCCCCCCCCCCCCCCCCCCCCCCCC. The summed E-state index contributed by atoms with van der Waals surface area (Å²) in [5, 5.41) is 55.1. The molecule has 0 aromatic carbocycles. The van der Waals surface area contributed by atoms with Gasteiger partial charge in [-0.1, -0.05) is 378 Å². The molecule has 0 spiro atoms. The van der Waals surface area contributed by atoms with Crippen molar-refractivity contribution in [2.45, 2.75) is 442 Å². The molecule has 9 heteroatoms. The second-order valence-corrected chi connectivity index (χ2v) is 27.2. The van der Waals surface area contributed by atoms with Gasteiger partial charge in [-0.05, 0) is 51.4 Å². The van der Waals surface area contributed by atoms with Crippen LogP contribution in [-0.2, 0) is 14.3 Å². The molecule has 0 bridgehead atoms.